The number of rotatable bonds is 4. The van der Waals surface area contributed by atoms with Crippen molar-refractivity contribution < 1.29 is 9.90 Å². The van der Waals surface area contributed by atoms with Crippen molar-refractivity contribution in [2.45, 2.75) is 31.7 Å². The summed E-state index contributed by atoms with van der Waals surface area (Å²) in [5.74, 6) is -0.358. The predicted octanol–water partition coefficient (Wildman–Crippen LogP) is 0.781. The Kier molecular flexibility index (Phi) is 3.82. The molecule has 3 atom stereocenters. The van der Waals surface area contributed by atoms with E-state index in [1.807, 2.05) is 0 Å². The standard InChI is InChI=1S/C12H22N2O2/c1-14-6-5-10(8-14)13-7-9-3-2-4-11(9)12(15)16/h9-11,13H,2-8H2,1H3,(H,15,16). The van der Waals surface area contributed by atoms with Gasteiger partial charge in [0.25, 0.3) is 0 Å². The molecular formula is C12H22N2O2. The SMILES string of the molecule is CN1CCC(NCC2CCCC2C(=O)O)C1. The Bertz CT molecular complexity index is 257. The quantitative estimate of drug-likeness (QED) is 0.744. The molecule has 1 saturated carbocycles. The minimum atomic E-state index is -0.604. The van der Waals surface area contributed by atoms with Gasteiger partial charge < -0.3 is 15.3 Å². The zero-order valence-electron chi connectivity index (χ0n) is 9.98. The number of carboxylic acid groups (broad SMARTS) is 1. The summed E-state index contributed by atoms with van der Waals surface area (Å²) in [5.41, 5.74) is 0. The Morgan fingerprint density at radius 3 is 2.88 bits per heavy atom. The summed E-state index contributed by atoms with van der Waals surface area (Å²) in [6.45, 7) is 3.14. The van der Waals surface area contributed by atoms with Gasteiger partial charge in [-0.15, -0.1) is 0 Å². The topological polar surface area (TPSA) is 52.6 Å². The highest BCUT2D eigenvalue weighted by Crippen LogP contribution is 2.31. The zero-order valence-corrected chi connectivity index (χ0v) is 9.98. The molecule has 4 heteroatoms. The first-order valence-electron chi connectivity index (χ1n) is 6.31. The van der Waals surface area contributed by atoms with E-state index in [0.717, 1.165) is 38.9 Å². The first kappa shape index (κ1) is 11.9. The van der Waals surface area contributed by atoms with E-state index in [1.54, 1.807) is 0 Å². The molecule has 0 aromatic heterocycles. The van der Waals surface area contributed by atoms with E-state index in [2.05, 4.69) is 17.3 Å². The number of aliphatic carboxylic acids is 1. The van der Waals surface area contributed by atoms with Crippen LogP contribution < -0.4 is 5.32 Å². The van der Waals surface area contributed by atoms with Crippen molar-refractivity contribution in [2.24, 2.45) is 11.8 Å². The molecule has 16 heavy (non-hydrogen) atoms. The Hall–Kier alpha value is -0.610. The third kappa shape index (κ3) is 2.74. The predicted molar refractivity (Wildman–Crippen MR) is 62.4 cm³/mol. The smallest absolute Gasteiger partial charge is 0.306 e. The number of nitrogens with zero attached hydrogens (tertiary/aromatic N) is 1. The molecule has 0 radical (unpaired) electrons. The van der Waals surface area contributed by atoms with E-state index in [1.165, 1.54) is 6.42 Å². The normalized spacial score (nSPS) is 35.7. The third-order valence-corrected chi connectivity index (χ3v) is 4.04. The molecule has 1 saturated heterocycles. The number of nitrogens with one attached hydrogen (secondary N) is 1. The average molecular weight is 226 g/mol. The highest BCUT2D eigenvalue weighted by molar-refractivity contribution is 5.70. The molecule has 1 aliphatic heterocycles. The van der Waals surface area contributed by atoms with Crippen LogP contribution in [-0.4, -0.2) is 48.7 Å². The van der Waals surface area contributed by atoms with Crippen molar-refractivity contribution in [3.05, 3.63) is 0 Å². The van der Waals surface area contributed by atoms with E-state index in [0.29, 0.717) is 12.0 Å². The highest BCUT2D eigenvalue weighted by atomic mass is 16.4. The first-order valence-corrected chi connectivity index (χ1v) is 6.31. The van der Waals surface area contributed by atoms with Crippen LogP contribution in [0.2, 0.25) is 0 Å². The minimum absolute atomic E-state index is 0.105. The van der Waals surface area contributed by atoms with Gasteiger partial charge in [-0.1, -0.05) is 6.42 Å². The number of carbonyl (C=O) groups is 1. The van der Waals surface area contributed by atoms with Crippen molar-refractivity contribution in [3.8, 4) is 0 Å². The lowest BCUT2D eigenvalue weighted by molar-refractivity contribution is -0.142. The summed E-state index contributed by atoms with van der Waals surface area (Å²) in [6.07, 6.45) is 4.22. The Labute approximate surface area is 97.0 Å². The van der Waals surface area contributed by atoms with E-state index in [4.69, 9.17) is 5.11 Å². The lowest BCUT2D eigenvalue weighted by Gasteiger charge is -2.19. The van der Waals surface area contributed by atoms with E-state index in [-0.39, 0.29) is 5.92 Å². The fourth-order valence-corrected chi connectivity index (χ4v) is 3.03. The molecule has 0 spiro atoms. The molecule has 2 N–H and O–H groups in total. The number of carboxylic acids is 1. The number of hydrogen-bond donors (Lipinski definition) is 2. The van der Waals surface area contributed by atoms with Crippen LogP contribution in [0.4, 0.5) is 0 Å². The summed E-state index contributed by atoms with van der Waals surface area (Å²) >= 11 is 0. The summed E-state index contributed by atoms with van der Waals surface area (Å²) in [6, 6.07) is 0.569. The molecule has 0 aromatic carbocycles. The van der Waals surface area contributed by atoms with Crippen molar-refractivity contribution in [1.29, 1.82) is 0 Å². The summed E-state index contributed by atoms with van der Waals surface area (Å²) in [5, 5.41) is 12.6. The molecule has 4 nitrogen and oxygen atoms in total. The first-order chi connectivity index (χ1) is 7.66. The van der Waals surface area contributed by atoms with Gasteiger partial charge in [0.15, 0.2) is 0 Å². The Balaban J connectivity index is 1.75. The van der Waals surface area contributed by atoms with Crippen LogP contribution in [-0.2, 0) is 4.79 Å². The van der Waals surface area contributed by atoms with Crippen molar-refractivity contribution in [1.82, 2.24) is 10.2 Å². The van der Waals surface area contributed by atoms with Crippen molar-refractivity contribution >= 4 is 5.97 Å². The largest absolute Gasteiger partial charge is 0.481 e. The monoisotopic (exact) mass is 226 g/mol. The van der Waals surface area contributed by atoms with Crippen LogP contribution in [0.1, 0.15) is 25.7 Å². The fourth-order valence-electron chi connectivity index (χ4n) is 3.03. The van der Waals surface area contributed by atoms with Gasteiger partial charge in [-0.05, 0) is 45.3 Å². The molecular weight excluding hydrogens is 204 g/mol. The van der Waals surface area contributed by atoms with Crippen LogP contribution in [0.15, 0.2) is 0 Å². The molecule has 2 fully saturated rings. The van der Waals surface area contributed by atoms with Gasteiger partial charge in [0.1, 0.15) is 0 Å². The zero-order chi connectivity index (χ0) is 11.5. The van der Waals surface area contributed by atoms with Crippen LogP contribution in [0.3, 0.4) is 0 Å². The van der Waals surface area contributed by atoms with Crippen LogP contribution >= 0.6 is 0 Å². The second-order valence-electron chi connectivity index (χ2n) is 5.29. The van der Waals surface area contributed by atoms with Gasteiger partial charge in [-0.25, -0.2) is 0 Å². The summed E-state index contributed by atoms with van der Waals surface area (Å²) in [7, 11) is 2.14. The van der Waals surface area contributed by atoms with Crippen LogP contribution in [0.5, 0.6) is 0 Å². The van der Waals surface area contributed by atoms with E-state index in [9.17, 15) is 4.79 Å². The molecule has 1 aliphatic carbocycles. The fraction of sp³-hybridized carbons (Fsp3) is 0.917. The molecule has 92 valence electrons. The maximum absolute atomic E-state index is 11.0. The Morgan fingerprint density at radius 2 is 2.25 bits per heavy atom. The maximum Gasteiger partial charge on any atom is 0.306 e. The molecule has 0 amide bonds. The van der Waals surface area contributed by atoms with Crippen LogP contribution in [0.25, 0.3) is 0 Å². The van der Waals surface area contributed by atoms with Gasteiger partial charge in [-0.3, -0.25) is 4.79 Å². The second kappa shape index (κ2) is 5.15. The molecule has 0 bridgehead atoms. The molecule has 2 rings (SSSR count). The average Bonchev–Trinajstić information content (AvgIpc) is 2.83. The van der Waals surface area contributed by atoms with Crippen molar-refractivity contribution in [2.75, 3.05) is 26.7 Å². The molecule has 3 unspecified atom stereocenters. The Morgan fingerprint density at radius 1 is 1.44 bits per heavy atom. The lowest BCUT2D eigenvalue weighted by Crippen LogP contribution is -2.37. The molecule has 0 aromatic rings. The van der Waals surface area contributed by atoms with Gasteiger partial charge in [0, 0.05) is 12.6 Å². The van der Waals surface area contributed by atoms with E-state index >= 15 is 0 Å². The number of likely N-dealkylation sites (N-methyl/N-ethyl adjacent to an activating group) is 1. The van der Waals surface area contributed by atoms with Gasteiger partial charge in [0.2, 0.25) is 0 Å². The van der Waals surface area contributed by atoms with E-state index < -0.39 is 5.97 Å². The molecule has 2 aliphatic rings. The summed E-state index contributed by atoms with van der Waals surface area (Å²) < 4.78 is 0. The number of hydrogen-bond acceptors (Lipinski definition) is 3. The second-order valence-corrected chi connectivity index (χ2v) is 5.29. The third-order valence-electron chi connectivity index (χ3n) is 4.04. The highest BCUT2D eigenvalue weighted by Gasteiger charge is 2.33. The van der Waals surface area contributed by atoms with Gasteiger partial charge in [-0.2, -0.15) is 0 Å². The molecule has 1 heterocycles. The minimum Gasteiger partial charge on any atom is -0.481 e. The van der Waals surface area contributed by atoms with Gasteiger partial charge in [0.05, 0.1) is 5.92 Å². The van der Waals surface area contributed by atoms with Crippen molar-refractivity contribution in [3.63, 3.8) is 0 Å². The summed E-state index contributed by atoms with van der Waals surface area (Å²) in [4.78, 5) is 13.3. The maximum atomic E-state index is 11.0. The van der Waals surface area contributed by atoms with Crippen LogP contribution in [0, 0.1) is 11.8 Å². The lowest BCUT2D eigenvalue weighted by atomic mass is 9.96. The van der Waals surface area contributed by atoms with Gasteiger partial charge >= 0.3 is 5.97 Å². The number of likely N-dealkylation sites (tertiary alicyclic amines) is 1.